The van der Waals surface area contributed by atoms with Gasteiger partial charge in [0.25, 0.3) is 0 Å². The molecule has 13 nitrogen and oxygen atoms in total. The zero-order chi connectivity index (χ0) is 39.9. The lowest BCUT2D eigenvalue weighted by molar-refractivity contribution is -0.145. The van der Waals surface area contributed by atoms with Gasteiger partial charge in [0.05, 0.1) is 132 Å². The summed E-state index contributed by atoms with van der Waals surface area (Å²) >= 11 is 0. The van der Waals surface area contributed by atoms with Crippen molar-refractivity contribution in [2.24, 2.45) is 0 Å². The van der Waals surface area contributed by atoms with Crippen LogP contribution in [0, 0.1) is 0 Å². The first-order chi connectivity index (χ1) is 27.8. The number of carbonyl (C=O) groups is 1. The molecule has 0 unspecified atom stereocenters. The molecular weight excluding hydrogens is 722 g/mol. The Morgan fingerprint density at radius 3 is 1.02 bits per heavy atom. The van der Waals surface area contributed by atoms with Gasteiger partial charge in [0, 0.05) is 6.42 Å². The molecule has 0 atom stereocenters. The number of carbonyl (C=O) groups excluding carboxylic acids is 1. The summed E-state index contributed by atoms with van der Waals surface area (Å²) in [5, 5.41) is 3.33. The minimum Gasteiger partial charge on any atom is -0.463 e. The average molecular weight is 808 g/mol. The summed E-state index contributed by atoms with van der Waals surface area (Å²) in [5.41, 5.74) is 0. The van der Waals surface area contributed by atoms with Gasteiger partial charge in [0.2, 0.25) is 0 Å². The first-order valence-electron chi connectivity index (χ1n) is 22.5. The Kier molecular flexibility index (Phi) is 44.3. The number of unbranched alkanes of at least 4 members (excludes halogenated alkanes) is 14. The highest BCUT2D eigenvalue weighted by Crippen LogP contribution is 2.14. The predicted octanol–water partition coefficient (Wildman–Crippen LogP) is 6.71. The van der Waals surface area contributed by atoms with Crippen molar-refractivity contribution < 1.29 is 56.9 Å². The van der Waals surface area contributed by atoms with Gasteiger partial charge in [-0.15, -0.1) is 0 Å². The Labute approximate surface area is 341 Å². The topological polar surface area (TPSA) is 131 Å². The number of hydrogen-bond acceptors (Lipinski definition) is 13. The fourth-order valence-electron chi connectivity index (χ4n) is 6.02. The molecule has 1 aliphatic rings. The van der Waals surface area contributed by atoms with Gasteiger partial charge in [-0.1, -0.05) is 96.8 Å². The summed E-state index contributed by atoms with van der Waals surface area (Å²) in [6.45, 7) is 14.5. The van der Waals surface area contributed by atoms with E-state index in [1.165, 1.54) is 83.5 Å². The highest BCUT2D eigenvalue weighted by molar-refractivity contribution is 5.69. The third-order valence-corrected chi connectivity index (χ3v) is 9.32. The SMILES string of the molecule is CCCCCCCCCCCCCCCCCC(=O)OCCOCCOCCOCCOCCOCCOCCOCCOCCOCCOC1CCNCC1. The standard InChI is InChI=1S/C43H85NO12/c1-2-3-4-5-6-7-8-9-10-11-12-13-14-15-16-17-43(45)56-41-39-54-37-35-52-33-31-50-29-27-48-25-23-46-22-24-47-26-28-49-30-32-51-34-36-53-38-40-55-42-18-20-44-21-19-42/h42,44H,2-41H2,1H3. The molecule has 0 aliphatic carbocycles. The summed E-state index contributed by atoms with van der Waals surface area (Å²) in [6, 6.07) is 0. The monoisotopic (exact) mass is 808 g/mol. The van der Waals surface area contributed by atoms with E-state index in [2.05, 4.69) is 12.2 Å². The van der Waals surface area contributed by atoms with Gasteiger partial charge in [0.1, 0.15) is 6.61 Å². The van der Waals surface area contributed by atoms with Crippen LogP contribution in [-0.2, 0) is 56.9 Å². The highest BCUT2D eigenvalue weighted by atomic mass is 16.6. The molecule has 0 radical (unpaired) electrons. The van der Waals surface area contributed by atoms with Crippen LogP contribution in [0.2, 0.25) is 0 Å². The summed E-state index contributed by atoms with van der Waals surface area (Å²) < 4.78 is 60.7. The first-order valence-corrected chi connectivity index (χ1v) is 22.5. The molecule has 0 bridgehead atoms. The molecule has 1 rings (SSSR count). The van der Waals surface area contributed by atoms with Crippen molar-refractivity contribution in [1.29, 1.82) is 0 Å². The Balaban J connectivity index is 1.62. The second-order valence-electron chi connectivity index (χ2n) is 14.3. The van der Waals surface area contributed by atoms with Crippen LogP contribution in [-0.4, -0.2) is 157 Å². The normalized spacial score (nSPS) is 13.5. The molecule has 56 heavy (non-hydrogen) atoms. The number of nitrogens with one attached hydrogen (secondary N) is 1. The number of piperidine rings is 1. The molecular formula is C43H85NO12. The van der Waals surface area contributed by atoms with Crippen molar-refractivity contribution in [2.75, 3.05) is 145 Å². The Morgan fingerprint density at radius 1 is 0.393 bits per heavy atom. The van der Waals surface area contributed by atoms with Crippen LogP contribution in [0.25, 0.3) is 0 Å². The maximum absolute atomic E-state index is 11.9. The molecule has 0 saturated carbocycles. The maximum atomic E-state index is 11.9. The third kappa shape index (κ3) is 42.6. The molecule has 1 heterocycles. The van der Waals surface area contributed by atoms with Crippen LogP contribution in [0.1, 0.15) is 122 Å². The highest BCUT2D eigenvalue weighted by Gasteiger charge is 2.12. The van der Waals surface area contributed by atoms with Crippen LogP contribution in [0.5, 0.6) is 0 Å². The van der Waals surface area contributed by atoms with Gasteiger partial charge in [0.15, 0.2) is 0 Å². The molecule has 334 valence electrons. The molecule has 0 aromatic rings. The van der Waals surface area contributed by atoms with Crippen molar-refractivity contribution in [1.82, 2.24) is 5.32 Å². The molecule has 1 N–H and O–H groups in total. The summed E-state index contributed by atoms with van der Waals surface area (Å²) in [4.78, 5) is 11.9. The average Bonchev–Trinajstić information content (AvgIpc) is 3.21. The first kappa shape index (κ1) is 53.0. The quantitative estimate of drug-likeness (QED) is 0.0517. The molecule has 13 heteroatoms. The fourth-order valence-corrected chi connectivity index (χ4v) is 6.02. The third-order valence-electron chi connectivity index (χ3n) is 9.32. The molecule has 0 spiro atoms. The maximum Gasteiger partial charge on any atom is 0.305 e. The predicted molar refractivity (Wildman–Crippen MR) is 220 cm³/mol. The van der Waals surface area contributed by atoms with Crippen molar-refractivity contribution in [2.45, 2.75) is 129 Å². The minimum absolute atomic E-state index is 0.128. The van der Waals surface area contributed by atoms with Crippen LogP contribution < -0.4 is 5.32 Å². The van der Waals surface area contributed by atoms with Gasteiger partial charge in [-0.25, -0.2) is 0 Å². The van der Waals surface area contributed by atoms with E-state index in [0.29, 0.717) is 145 Å². The summed E-state index contributed by atoms with van der Waals surface area (Å²) in [5.74, 6) is -0.128. The fraction of sp³-hybridized carbons (Fsp3) is 0.977. The lowest BCUT2D eigenvalue weighted by atomic mass is 10.0. The lowest BCUT2D eigenvalue weighted by Crippen LogP contribution is -2.33. The van der Waals surface area contributed by atoms with E-state index in [4.69, 9.17) is 52.1 Å². The van der Waals surface area contributed by atoms with Crippen LogP contribution in [0.4, 0.5) is 0 Å². The van der Waals surface area contributed by atoms with Gasteiger partial charge < -0.3 is 57.4 Å². The van der Waals surface area contributed by atoms with Gasteiger partial charge in [-0.2, -0.15) is 0 Å². The van der Waals surface area contributed by atoms with E-state index in [1.807, 2.05) is 0 Å². The van der Waals surface area contributed by atoms with Crippen LogP contribution in [0.15, 0.2) is 0 Å². The van der Waals surface area contributed by atoms with E-state index < -0.39 is 0 Å². The Hall–Kier alpha value is -0.970. The minimum atomic E-state index is -0.128. The summed E-state index contributed by atoms with van der Waals surface area (Å²) in [7, 11) is 0. The van der Waals surface area contributed by atoms with E-state index in [9.17, 15) is 4.79 Å². The van der Waals surface area contributed by atoms with Crippen molar-refractivity contribution >= 4 is 5.97 Å². The second kappa shape index (κ2) is 46.7. The van der Waals surface area contributed by atoms with Crippen molar-refractivity contribution in [3.05, 3.63) is 0 Å². The molecule has 1 fully saturated rings. The smallest absolute Gasteiger partial charge is 0.305 e. The van der Waals surface area contributed by atoms with E-state index >= 15 is 0 Å². The Bertz CT molecular complexity index is 762. The number of hydrogen-bond donors (Lipinski definition) is 1. The van der Waals surface area contributed by atoms with Crippen molar-refractivity contribution in [3.63, 3.8) is 0 Å². The van der Waals surface area contributed by atoms with E-state index in [0.717, 1.165) is 38.8 Å². The van der Waals surface area contributed by atoms with Gasteiger partial charge in [-0.3, -0.25) is 4.79 Å². The summed E-state index contributed by atoms with van der Waals surface area (Å²) in [6.07, 6.45) is 22.8. The number of rotatable bonds is 47. The molecule has 0 aromatic heterocycles. The number of esters is 1. The zero-order valence-electron chi connectivity index (χ0n) is 35.8. The van der Waals surface area contributed by atoms with Crippen LogP contribution in [0.3, 0.4) is 0 Å². The zero-order valence-corrected chi connectivity index (χ0v) is 35.8. The Morgan fingerprint density at radius 2 is 0.679 bits per heavy atom. The lowest BCUT2D eigenvalue weighted by Gasteiger charge is -2.22. The largest absolute Gasteiger partial charge is 0.463 e. The molecule has 0 amide bonds. The second-order valence-corrected chi connectivity index (χ2v) is 14.3. The van der Waals surface area contributed by atoms with E-state index in [1.54, 1.807) is 0 Å². The molecule has 1 aliphatic heterocycles. The van der Waals surface area contributed by atoms with Gasteiger partial charge >= 0.3 is 5.97 Å². The van der Waals surface area contributed by atoms with Gasteiger partial charge in [-0.05, 0) is 32.4 Å². The molecule has 0 aromatic carbocycles. The molecule has 1 saturated heterocycles. The van der Waals surface area contributed by atoms with Crippen molar-refractivity contribution in [3.8, 4) is 0 Å². The van der Waals surface area contributed by atoms with E-state index in [-0.39, 0.29) is 5.97 Å². The number of ether oxygens (including phenoxy) is 11. The van der Waals surface area contributed by atoms with Crippen LogP contribution >= 0.6 is 0 Å².